The SMILES string of the molecule is Cc1ccc(N2C(=O)C3C4CCC(O4)C3C2=O)cc1C. The van der Waals surface area contributed by atoms with Crippen LogP contribution in [0.15, 0.2) is 18.2 Å². The van der Waals surface area contributed by atoms with Gasteiger partial charge in [-0.15, -0.1) is 0 Å². The number of ether oxygens (including phenoxy) is 1. The van der Waals surface area contributed by atoms with Gasteiger partial charge < -0.3 is 4.74 Å². The van der Waals surface area contributed by atoms with Gasteiger partial charge in [0.2, 0.25) is 11.8 Å². The van der Waals surface area contributed by atoms with Gasteiger partial charge in [-0.05, 0) is 49.9 Å². The van der Waals surface area contributed by atoms with Gasteiger partial charge in [-0.25, -0.2) is 4.90 Å². The number of carbonyl (C=O) groups is 2. The van der Waals surface area contributed by atoms with Crippen molar-refractivity contribution in [2.24, 2.45) is 11.8 Å². The number of benzene rings is 1. The maximum absolute atomic E-state index is 12.6. The monoisotopic (exact) mass is 271 g/mol. The molecule has 1 aromatic rings. The van der Waals surface area contributed by atoms with E-state index in [0.717, 1.165) is 24.0 Å². The van der Waals surface area contributed by atoms with Crippen molar-refractivity contribution in [2.45, 2.75) is 38.9 Å². The van der Waals surface area contributed by atoms with E-state index in [2.05, 4.69) is 0 Å². The molecule has 3 heterocycles. The molecule has 0 aromatic heterocycles. The quantitative estimate of drug-likeness (QED) is 0.734. The number of hydrogen-bond donors (Lipinski definition) is 0. The van der Waals surface area contributed by atoms with E-state index < -0.39 is 0 Å². The smallest absolute Gasteiger partial charge is 0.240 e. The van der Waals surface area contributed by atoms with Crippen molar-refractivity contribution >= 4 is 17.5 Å². The Morgan fingerprint density at radius 3 is 2.15 bits per heavy atom. The van der Waals surface area contributed by atoms with Crippen LogP contribution in [0.25, 0.3) is 0 Å². The zero-order chi connectivity index (χ0) is 14.0. The predicted octanol–water partition coefficient (Wildman–Crippen LogP) is 1.97. The summed E-state index contributed by atoms with van der Waals surface area (Å²) < 4.78 is 5.74. The Bertz CT molecular complexity index is 596. The molecule has 0 spiro atoms. The van der Waals surface area contributed by atoms with E-state index >= 15 is 0 Å². The molecule has 0 radical (unpaired) electrons. The largest absolute Gasteiger partial charge is 0.373 e. The zero-order valence-corrected chi connectivity index (χ0v) is 11.6. The van der Waals surface area contributed by atoms with Crippen LogP contribution in [0.4, 0.5) is 5.69 Å². The fraction of sp³-hybridized carbons (Fsp3) is 0.500. The van der Waals surface area contributed by atoms with Gasteiger partial charge in [0.05, 0.1) is 29.7 Å². The van der Waals surface area contributed by atoms with Gasteiger partial charge in [0, 0.05) is 0 Å². The van der Waals surface area contributed by atoms with Gasteiger partial charge in [-0.3, -0.25) is 9.59 Å². The molecule has 3 saturated heterocycles. The maximum atomic E-state index is 12.6. The normalized spacial score (nSPS) is 35.0. The summed E-state index contributed by atoms with van der Waals surface area (Å²) in [6, 6.07) is 5.75. The van der Waals surface area contributed by atoms with Crippen LogP contribution in [0.3, 0.4) is 0 Å². The lowest BCUT2D eigenvalue weighted by Gasteiger charge is -2.18. The van der Waals surface area contributed by atoms with Crippen LogP contribution in [0.5, 0.6) is 0 Å². The Hall–Kier alpha value is -1.68. The van der Waals surface area contributed by atoms with Crippen molar-refractivity contribution in [3.05, 3.63) is 29.3 Å². The van der Waals surface area contributed by atoms with Gasteiger partial charge in [-0.1, -0.05) is 6.07 Å². The fourth-order valence-corrected chi connectivity index (χ4v) is 3.83. The summed E-state index contributed by atoms with van der Waals surface area (Å²) in [5, 5.41) is 0. The molecule has 4 heteroatoms. The first-order valence-electron chi connectivity index (χ1n) is 7.18. The average molecular weight is 271 g/mol. The van der Waals surface area contributed by atoms with E-state index in [1.165, 1.54) is 4.90 Å². The summed E-state index contributed by atoms with van der Waals surface area (Å²) in [6.45, 7) is 4.02. The van der Waals surface area contributed by atoms with Crippen LogP contribution in [-0.4, -0.2) is 24.0 Å². The maximum Gasteiger partial charge on any atom is 0.240 e. The number of nitrogens with zero attached hydrogens (tertiary/aromatic N) is 1. The number of hydrogen-bond acceptors (Lipinski definition) is 3. The Labute approximate surface area is 117 Å². The molecular weight excluding hydrogens is 254 g/mol. The van der Waals surface area contributed by atoms with Crippen molar-refractivity contribution in [1.82, 2.24) is 0 Å². The Morgan fingerprint density at radius 2 is 1.60 bits per heavy atom. The van der Waals surface area contributed by atoms with E-state index in [0.29, 0.717) is 5.69 Å². The lowest BCUT2D eigenvalue weighted by atomic mass is 9.81. The van der Waals surface area contributed by atoms with Gasteiger partial charge >= 0.3 is 0 Å². The molecule has 4 rings (SSSR count). The summed E-state index contributed by atoms with van der Waals surface area (Å²) in [4.78, 5) is 26.6. The number of anilines is 1. The van der Waals surface area contributed by atoms with Crippen LogP contribution in [0.2, 0.25) is 0 Å². The molecule has 2 bridgehead atoms. The predicted molar refractivity (Wildman–Crippen MR) is 73.3 cm³/mol. The molecule has 104 valence electrons. The van der Waals surface area contributed by atoms with Crippen molar-refractivity contribution in [3.63, 3.8) is 0 Å². The van der Waals surface area contributed by atoms with E-state index in [4.69, 9.17) is 4.74 Å². The molecule has 2 amide bonds. The molecule has 0 saturated carbocycles. The molecule has 3 aliphatic rings. The van der Waals surface area contributed by atoms with Crippen molar-refractivity contribution < 1.29 is 14.3 Å². The standard InChI is InChI=1S/C16H17NO3/c1-8-3-4-10(7-9(8)2)17-15(18)13-11-5-6-12(20-11)14(13)16(17)19/h3-4,7,11-14H,5-6H2,1-2H3. The van der Waals surface area contributed by atoms with Gasteiger partial charge in [0.15, 0.2) is 0 Å². The molecule has 0 aliphatic carbocycles. The minimum atomic E-state index is -0.247. The summed E-state index contributed by atoms with van der Waals surface area (Å²) in [5.74, 6) is -0.642. The minimum Gasteiger partial charge on any atom is -0.373 e. The molecule has 3 aliphatic heterocycles. The van der Waals surface area contributed by atoms with Crippen molar-refractivity contribution in [3.8, 4) is 0 Å². The lowest BCUT2D eigenvalue weighted by molar-refractivity contribution is -0.124. The Kier molecular flexibility index (Phi) is 2.37. The highest BCUT2D eigenvalue weighted by molar-refractivity contribution is 6.22. The van der Waals surface area contributed by atoms with Gasteiger partial charge in [0.1, 0.15) is 0 Å². The number of fused-ring (bicyclic) bond motifs is 5. The van der Waals surface area contributed by atoms with Crippen molar-refractivity contribution in [1.29, 1.82) is 0 Å². The molecular formula is C16H17NO3. The molecule has 0 N–H and O–H groups in total. The molecule has 20 heavy (non-hydrogen) atoms. The van der Waals surface area contributed by atoms with Crippen LogP contribution in [0.1, 0.15) is 24.0 Å². The lowest BCUT2D eigenvalue weighted by Crippen LogP contribution is -2.34. The molecule has 3 fully saturated rings. The number of aryl methyl sites for hydroxylation is 2. The van der Waals surface area contributed by atoms with E-state index in [-0.39, 0.29) is 35.9 Å². The Balaban J connectivity index is 1.74. The second-order valence-corrected chi connectivity index (χ2v) is 6.12. The number of imide groups is 1. The fourth-order valence-electron chi connectivity index (χ4n) is 3.83. The second-order valence-electron chi connectivity index (χ2n) is 6.12. The highest BCUT2D eigenvalue weighted by Gasteiger charge is 2.62. The minimum absolute atomic E-state index is 0.0435. The first-order valence-corrected chi connectivity index (χ1v) is 7.18. The number of carbonyl (C=O) groups excluding carboxylic acids is 2. The van der Waals surface area contributed by atoms with Crippen LogP contribution in [-0.2, 0) is 14.3 Å². The highest BCUT2D eigenvalue weighted by Crippen LogP contribution is 2.49. The van der Waals surface area contributed by atoms with E-state index in [1.807, 2.05) is 32.0 Å². The summed E-state index contributed by atoms with van der Waals surface area (Å²) >= 11 is 0. The van der Waals surface area contributed by atoms with Gasteiger partial charge in [0.25, 0.3) is 0 Å². The summed E-state index contributed by atoms with van der Waals surface area (Å²) in [7, 11) is 0. The van der Waals surface area contributed by atoms with Crippen LogP contribution >= 0.6 is 0 Å². The molecule has 4 atom stereocenters. The first kappa shape index (κ1) is 12.1. The summed E-state index contributed by atoms with van der Waals surface area (Å²) in [6.07, 6.45) is 1.73. The second kappa shape index (κ2) is 3.92. The van der Waals surface area contributed by atoms with E-state index in [9.17, 15) is 9.59 Å². The third kappa shape index (κ3) is 1.40. The van der Waals surface area contributed by atoms with Crippen LogP contribution < -0.4 is 4.90 Å². The van der Waals surface area contributed by atoms with Crippen molar-refractivity contribution in [2.75, 3.05) is 4.90 Å². The average Bonchev–Trinajstić information content (AvgIpc) is 3.08. The third-order valence-electron chi connectivity index (χ3n) is 5.03. The molecule has 4 nitrogen and oxygen atoms in total. The molecule has 4 unspecified atom stereocenters. The Morgan fingerprint density at radius 1 is 1.00 bits per heavy atom. The van der Waals surface area contributed by atoms with Gasteiger partial charge in [-0.2, -0.15) is 0 Å². The zero-order valence-electron chi connectivity index (χ0n) is 11.6. The number of rotatable bonds is 1. The third-order valence-corrected chi connectivity index (χ3v) is 5.03. The van der Waals surface area contributed by atoms with Crippen LogP contribution in [0, 0.1) is 25.7 Å². The summed E-state index contributed by atoms with van der Waals surface area (Å²) in [5.41, 5.74) is 2.97. The van der Waals surface area contributed by atoms with E-state index in [1.54, 1.807) is 0 Å². The topological polar surface area (TPSA) is 46.6 Å². The molecule has 1 aromatic carbocycles. The highest BCUT2D eigenvalue weighted by atomic mass is 16.5. The first-order chi connectivity index (χ1) is 9.58. The number of amides is 2.